The Morgan fingerprint density at radius 3 is 2.74 bits per heavy atom. The molecule has 0 saturated heterocycles. The van der Waals surface area contributed by atoms with Crippen LogP contribution in [0.4, 0.5) is 5.69 Å². The standard InChI is InChI=1S/C16H15Cl2N3O2/c1-9(16(23)19-14-8-11(17)4-5-12(14)18)21-15(22)7-6-13(20-21)10-2-3-10/h4-10H,2-3H2,1H3,(H,19,23). The van der Waals surface area contributed by atoms with E-state index in [4.69, 9.17) is 23.2 Å². The molecule has 0 aliphatic heterocycles. The normalized spacial score (nSPS) is 15.3. The van der Waals surface area contributed by atoms with E-state index in [0.29, 0.717) is 21.7 Å². The summed E-state index contributed by atoms with van der Waals surface area (Å²) in [6, 6.07) is 7.23. The number of amides is 1. The number of hydrogen-bond donors (Lipinski definition) is 1. The van der Waals surface area contributed by atoms with Crippen LogP contribution in [0.5, 0.6) is 0 Å². The molecule has 1 atom stereocenters. The van der Waals surface area contributed by atoms with Gasteiger partial charge < -0.3 is 5.32 Å². The molecule has 23 heavy (non-hydrogen) atoms. The quantitative estimate of drug-likeness (QED) is 0.914. The molecule has 1 aliphatic carbocycles. The van der Waals surface area contributed by atoms with Crippen molar-refractivity contribution >= 4 is 34.8 Å². The van der Waals surface area contributed by atoms with Gasteiger partial charge in [0, 0.05) is 17.0 Å². The van der Waals surface area contributed by atoms with Gasteiger partial charge in [-0.25, -0.2) is 4.68 Å². The Morgan fingerprint density at radius 1 is 1.30 bits per heavy atom. The zero-order valence-corrected chi connectivity index (χ0v) is 13.9. The first kappa shape index (κ1) is 16.0. The summed E-state index contributed by atoms with van der Waals surface area (Å²) in [6.45, 7) is 1.62. The lowest BCUT2D eigenvalue weighted by Crippen LogP contribution is -2.33. The maximum atomic E-state index is 12.4. The van der Waals surface area contributed by atoms with Gasteiger partial charge in [0.25, 0.3) is 5.56 Å². The van der Waals surface area contributed by atoms with Gasteiger partial charge in [-0.1, -0.05) is 23.2 Å². The van der Waals surface area contributed by atoms with Crippen molar-refractivity contribution in [3.05, 3.63) is 56.4 Å². The lowest BCUT2D eigenvalue weighted by molar-refractivity contribution is -0.119. The summed E-state index contributed by atoms with van der Waals surface area (Å²) in [6.07, 6.45) is 2.15. The van der Waals surface area contributed by atoms with E-state index < -0.39 is 6.04 Å². The van der Waals surface area contributed by atoms with Crippen molar-refractivity contribution in [1.29, 1.82) is 0 Å². The van der Waals surface area contributed by atoms with Gasteiger partial charge in [0.05, 0.1) is 16.4 Å². The molecule has 1 saturated carbocycles. The van der Waals surface area contributed by atoms with E-state index in [1.165, 1.54) is 10.7 Å². The second-order valence-electron chi connectivity index (χ2n) is 5.60. The molecule has 1 aromatic heterocycles. The predicted octanol–water partition coefficient (Wildman–Crippen LogP) is 3.63. The Kier molecular flexibility index (Phi) is 4.41. The monoisotopic (exact) mass is 351 g/mol. The highest BCUT2D eigenvalue weighted by Crippen LogP contribution is 2.38. The van der Waals surface area contributed by atoms with Crippen LogP contribution in [-0.2, 0) is 4.79 Å². The Hall–Kier alpha value is -1.85. The molecule has 120 valence electrons. The smallest absolute Gasteiger partial charge is 0.267 e. The number of halogens is 2. The molecule has 1 N–H and O–H groups in total. The lowest BCUT2D eigenvalue weighted by Gasteiger charge is -2.15. The summed E-state index contributed by atoms with van der Waals surface area (Å²) in [5.41, 5.74) is 0.946. The van der Waals surface area contributed by atoms with Gasteiger partial charge in [0.15, 0.2) is 0 Å². The predicted molar refractivity (Wildman–Crippen MR) is 90.3 cm³/mol. The summed E-state index contributed by atoms with van der Waals surface area (Å²) < 4.78 is 1.21. The minimum Gasteiger partial charge on any atom is -0.323 e. The van der Waals surface area contributed by atoms with E-state index in [2.05, 4.69) is 10.4 Å². The summed E-state index contributed by atoms with van der Waals surface area (Å²) in [5, 5.41) is 7.85. The number of aromatic nitrogens is 2. The van der Waals surface area contributed by atoms with E-state index in [-0.39, 0.29) is 11.5 Å². The van der Waals surface area contributed by atoms with Gasteiger partial charge in [0.1, 0.15) is 6.04 Å². The molecule has 0 radical (unpaired) electrons. The third kappa shape index (κ3) is 3.57. The number of carbonyl (C=O) groups excluding carboxylic acids is 1. The Balaban J connectivity index is 1.83. The Bertz CT molecular complexity index is 815. The number of benzene rings is 1. The van der Waals surface area contributed by atoms with Crippen LogP contribution in [0.15, 0.2) is 35.1 Å². The third-order valence-corrected chi connectivity index (χ3v) is 4.34. The number of nitrogens with zero attached hydrogens (tertiary/aromatic N) is 2. The molecule has 2 aromatic rings. The molecule has 1 fully saturated rings. The van der Waals surface area contributed by atoms with E-state index in [9.17, 15) is 9.59 Å². The van der Waals surface area contributed by atoms with Crippen LogP contribution < -0.4 is 10.9 Å². The van der Waals surface area contributed by atoms with Gasteiger partial charge in [-0.15, -0.1) is 0 Å². The zero-order chi connectivity index (χ0) is 16.6. The van der Waals surface area contributed by atoms with Crippen LogP contribution in [0.25, 0.3) is 0 Å². The minimum absolute atomic E-state index is 0.311. The maximum Gasteiger partial charge on any atom is 0.267 e. The van der Waals surface area contributed by atoms with Crippen LogP contribution >= 0.6 is 23.2 Å². The first-order valence-corrected chi connectivity index (χ1v) is 8.07. The van der Waals surface area contributed by atoms with Gasteiger partial charge in [0.2, 0.25) is 5.91 Å². The second kappa shape index (κ2) is 6.34. The van der Waals surface area contributed by atoms with E-state index in [1.807, 2.05) is 0 Å². The second-order valence-corrected chi connectivity index (χ2v) is 6.45. The zero-order valence-electron chi connectivity index (χ0n) is 12.4. The summed E-state index contributed by atoms with van der Waals surface area (Å²) in [5.74, 6) is 0.0243. The van der Waals surface area contributed by atoms with Crippen molar-refractivity contribution in [2.24, 2.45) is 0 Å². The molecule has 7 heteroatoms. The number of carbonyl (C=O) groups is 1. The maximum absolute atomic E-state index is 12.4. The van der Waals surface area contributed by atoms with Gasteiger partial charge in [-0.05, 0) is 44.0 Å². The minimum atomic E-state index is -0.753. The van der Waals surface area contributed by atoms with Crippen molar-refractivity contribution in [3.8, 4) is 0 Å². The molecular formula is C16H15Cl2N3O2. The molecule has 1 heterocycles. The molecule has 1 aromatic carbocycles. The molecule has 3 rings (SSSR count). The first-order chi connectivity index (χ1) is 11.0. The van der Waals surface area contributed by atoms with E-state index >= 15 is 0 Å². The number of nitrogens with one attached hydrogen (secondary N) is 1. The highest BCUT2D eigenvalue weighted by Gasteiger charge is 2.27. The Labute approximate surface area is 143 Å². The Morgan fingerprint density at radius 2 is 2.04 bits per heavy atom. The number of hydrogen-bond acceptors (Lipinski definition) is 3. The third-order valence-electron chi connectivity index (χ3n) is 3.77. The highest BCUT2D eigenvalue weighted by atomic mass is 35.5. The fraction of sp³-hybridized carbons (Fsp3) is 0.312. The SMILES string of the molecule is CC(C(=O)Nc1cc(Cl)ccc1Cl)n1nc(C2CC2)ccc1=O. The number of anilines is 1. The average molecular weight is 352 g/mol. The van der Waals surface area contributed by atoms with Crippen molar-refractivity contribution < 1.29 is 4.79 Å². The molecule has 0 spiro atoms. The topological polar surface area (TPSA) is 64.0 Å². The molecular weight excluding hydrogens is 337 g/mol. The summed E-state index contributed by atoms with van der Waals surface area (Å²) in [4.78, 5) is 24.4. The van der Waals surface area contributed by atoms with Gasteiger partial charge >= 0.3 is 0 Å². The average Bonchev–Trinajstić information content (AvgIpc) is 3.35. The van der Waals surface area contributed by atoms with Crippen LogP contribution in [0, 0.1) is 0 Å². The summed E-state index contributed by atoms with van der Waals surface area (Å²) in [7, 11) is 0. The molecule has 1 aliphatic rings. The molecule has 5 nitrogen and oxygen atoms in total. The van der Waals surface area contributed by atoms with E-state index in [1.54, 1.807) is 31.2 Å². The van der Waals surface area contributed by atoms with E-state index in [0.717, 1.165) is 18.5 Å². The highest BCUT2D eigenvalue weighted by molar-refractivity contribution is 6.35. The largest absolute Gasteiger partial charge is 0.323 e. The molecule has 1 amide bonds. The first-order valence-electron chi connectivity index (χ1n) is 7.31. The van der Waals surface area contributed by atoms with Crippen LogP contribution in [-0.4, -0.2) is 15.7 Å². The summed E-state index contributed by atoms with van der Waals surface area (Å²) >= 11 is 11.9. The van der Waals surface area contributed by atoms with Gasteiger partial charge in [-0.3, -0.25) is 9.59 Å². The van der Waals surface area contributed by atoms with Crippen molar-refractivity contribution in [3.63, 3.8) is 0 Å². The van der Waals surface area contributed by atoms with Crippen molar-refractivity contribution in [1.82, 2.24) is 9.78 Å². The fourth-order valence-corrected chi connectivity index (χ4v) is 2.59. The van der Waals surface area contributed by atoms with Crippen LogP contribution in [0.2, 0.25) is 10.0 Å². The molecule has 0 bridgehead atoms. The van der Waals surface area contributed by atoms with Crippen LogP contribution in [0.3, 0.4) is 0 Å². The number of rotatable bonds is 4. The van der Waals surface area contributed by atoms with Gasteiger partial charge in [-0.2, -0.15) is 5.10 Å². The van der Waals surface area contributed by atoms with Crippen molar-refractivity contribution in [2.45, 2.75) is 31.7 Å². The fourth-order valence-electron chi connectivity index (χ4n) is 2.26. The molecule has 1 unspecified atom stereocenters. The van der Waals surface area contributed by atoms with Crippen molar-refractivity contribution in [2.75, 3.05) is 5.32 Å². The van der Waals surface area contributed by atoms with Crippen LogP contribution in [0.1, 0.15) is 37.4 Å². The lowest BCUT2D eigenvalue weighted by atomic mass is 10.2.